The fourth-order valence-corrected chi connectivity index (χ4v) is 2.68. The van der Waals surface area contributed by atoms with Crippen LogP contribution in [0.25, 0.3) is 0 Å². The first-order valence-electron chi connectivity index (χ1n) is 5.86. The lowest BCUT2D eigenvalue weighted by Gasteiger charge is -2.08. The Morgan fingerprint density at radius 2 is 2.00 bits per heavy atom. The number of thioether (sulfide) groups is 1. The lowest BCUT2D eigenvalue weighted by Crippen LogP contribution is -2.20. The Morgan fingerprint density at radius 1 is 1.24 bits per heavy atom. The fraction of sp³-hybridized carbons (Fsp3) is 0.538. The van der Waals surface area contributed by atoms with E-state index < -0.39 is 0 Å². The molecule has 0 saturated heterocycles. The molecule has 0 saturated carbocycles. The quantitative estimate of drug-likeness (QED) is 0.753. The van der Waals surface area contributed by atoms with Gasteiger partial charge in [-0.05, 0) is 35.9 Å². The van der Waals surface area contributed by atoms with Gasteiger partial charge >= 0.3 is 0 Å². The van der Waals surface area contributed by atoms with Crippen LogP contribution >= 0.6 is 35.0 Å². The Morgan fingerprint density at radius 3 is 2.65 bits per heavy atom. The third-order valence-corrected chi connectivity index (χ3v) is 4.01. The van der Waals surface area contributed by atoms with Gasteiger partial charge < -0.3 is 5.32 Å². The monoisotopic (exact) mass is 291 g/mol. The van der Waals surface area contributed by atoms with Crippen LogP contribution in [-0.2, 0) is 6.42 Å². The van der Waals surface area contributed by atoms with Gasteiger partial charge in [-0.1, -0.05) is 43.1 Å². The lowest BCUT2D eigenvalue weighted by molar-refractivity contribution is 0.720. The summed E-state index contributed by atoms with van der Waals surface area (Å²) in [6.45, 7) is 6.45. The first kappa shape index (κ1) is 15.2. The van der Waals surface area contributed by atoms with Gasteiger partial charge in [-0.25, -0.2) is 0 Å². The van der Waals surface area contributed by atoms with Crippen LogP contribution in [0, 0.1) is 0 Å². The molecule has 0 aliphatic carbocycles. The van der Waals surface area contributed by atoms with Gasteiger partial charge in [0.05, 0.1) is 0 Å². The highest BCUT2D eigenvalue weighted by molar-refractivity contribution is 7.99. The molecule has 0 heterocycles. The Kier molecular flexibility index (Phi) is 7.36. The smallest absolute Gasteiger partial charge is 0.0453 e. The van der Waals surface area contributed by atoms with Crippen molar-refractivity contribution in [1.82, 2.24) is 5.32 Å². The van der Waals surface area contributed by atoms with E-state index in [0.717, 1.165) is 35.8 Å². The maximum Gasteiger partial charge on any atom is 0.0453 e. The minimum Gasteiger partial charge on any atom is -0.316 e. The first-order valence-corrected chi connectivity index (χ1v) is 7.66. The van der Waals surface area contributed by atoms with E-state index in [0.29, 0.717) is 10.3 Å². The van der Waals surface area contributed by atoms with E-state index >= 15 is 0 Å². The van der Waals surface area contributed by atoms with Crippen molar-refractivity contribution in [3.8, 4) is 0 Å². The number of hydrogen-bond acceptors (Lipinski definition) is 2. The van der Waals surface area contributed by atoms with E-state index in [1.165, 1.54) is 0 Å². The predicted octanol–water partition coefficient (Wildman–Crippen LogP) is 4.27. The number of nitrogens with one attached hydrogen (secondary N) is 1. The molecule has 0 spiro atoms. The van der Waals surface area contributed by atoms with Crippen LogP contribution < -0.4 is 5.32 Å². The molecule has 0 bridgehead atoms. The molecule has 1 nitrogen and oxygen atoms in total. The second kappa shape index (κ2) is 8.25. The molecule has 17 heavy (non-hydrogen) atoms. The molecule has 1 aromatic rings. The molecule has 1 N–H and O–H groups in total. The van der Waals surface area contributed by atoms with Crippen LogP contribution in [0.5, 0.6) is 0 Å². The zero-order valence-corrected chi connectivity index (χ0v) is 12.6. The summed E-state index contributed by atoms with van der Waals surface area (Å²) >= 11 is 13.9. The Labute approximate surface area is 118 Å². The van der Waals surface area contributed by atoms with E-state index in [9.17, 15) is 0 Å². The summed E-state index contributed by atoms with van der Waals surface area (Å²) in [7, 11) is 0. The molecule has 0 aromatic heterocycles. The fourth-order valence-electron chi connectivity index (χ4n) is 1.44. The minimum absolute atomic E-state index is 0.694. The second-order valence-electron chi connectivity index (χ2n) is 4.16. The van der Waals surface area contributed by atoms with Gasteiger partial charge in [-0.15, -0.1) is 0 Å². The highest BCUT2D eigenvalue weighted by atomic mass is 35.5. The zero-order valence-electron chi connectivity index (χ0n) is 10.3. The second-order valence-corrected chi connectivity index (χ2v) is 6.68. The van der Waals surface area contributed by atoms with E-state index in [-0.39, 0.29) is 0 Å². The molecule has 0 aliphatic rings. The van der Waals surface area contributed by atoms with Gasteiger partial charge in [0, 0.05) is 22.3 Å². The van der Waals surface area contributed by atoms with Crippen molar-refractivity contribution in [2.24, 2.45) is 0 Å². The summed E-state index contributed by atoms with van der Waals surface area (Å²) in [5, 5.41) is 5.58. The summed E-state index contributed by atoms with van der Waals surface area (Å²) in [5.41, 5.74) is 1.15. The zero-order chi connectivity index (χ0) is 12.7. The Bertz CT molecular complexity index is 342. The van der Waals surface area contributed by atoms with Crippen molar-refractivity contribution in [3.63, 3.8) is 0 Å². The van der Waals surface area contributed by atoms with Crippen molar-refractivity contribution in [3.05, 3.63) is 33.8 Å². The van der Waals surface area contributed by atoms with Crippen LogP contribution in [0.15, 0.2) is 18.2 Å². The van der Waals surface area contributed by atoms with Crippen molar-refractivity contribution in [1.29, 1.82) is 0 Å². The summed E-state index contributed by atoms with van der Waals surface area (Å²) in [6.07, 6.45) is 0.947. The van der Waals surface area contributed by atoms with Crippen LogP contribution in [-0.4, -0.2) is 24.1 Å². The largest absolute Gasteiger partial charge is 0.316 e. The topological polar surface area (TPSA) is 12.0 Å². The molecule has 0 amide bonds. The average Bonchev–Trinajstić information content (AvgIpc) is 2.25. The SMILES string of the molecule is CC(C)SCCNCCc1ccc(Cl)cc1Cl. The molecule has 0 fully saturated rings. The molecule has 1 rings (SSSR count). The molecule has 0 unspecified atom stereocenters. The normalized spacial score (nSPS) is 11.1. The van der Waals surface area contributed by atoms with Crippen LogP contribution in [0.1, 0.15) is 19.4 Å². The highest BCUT2D eigenvalue weighted by Gasteiger charge is 2.00. The standard InChI is InChI=1S/C13H19Cl2NS/c1-10(2)17-8-7-16-6-5-11-3-4-12(14)9-13(11)15/h3-4,9-10,16H,5-8H2,1-2H3. The summed E-state index contributed by atoms with van der Waals surface area (Å²) in [5.74, 6) is 1.16. The molecular formula is C13H19Cl2NS. The van der Waals surface area contributed by atoms with Gasteiger partial charge in [0.1, 0.15) is 0 Å². The number of hydrogen-bond donors (Lipinski definition) is 1. The van der Waals surface area contributed by atoms with Crippen LogP contribution in [0.2, 0.25) is 10.0 Å². The number of rotatable bonds is 7. The van der Waals surface area contributed by atoms with E-state index in [1.807, 2.05) is 23.9 Å². The Balaban J connectivity index is 2.18. The van der Waals surface area contributed by atoms with Crippen molar-refractivity contribution in [2.75, 3.05) is 18.8 Å². The summed E-state index contributed by atoms with van der Waals surface area (Å²) in [6, 6.07) is 5.68. The first-order chi connectivity index (χ1) is 8.09. The summed E-state index contributed by atoms with van der Waals surface area (Å²) < 4.78 is 0. The molecular weight excluding hydrogens is 273 g/mol. The third kappa shape index (κ3) is 6.56. The minimum atomic E-state index is 0.694. The van der Waals surface area contributed by atoms with Gasteiger partial charge in [0.15, 0.2) is 0 Å². The van der Waals surface area contributed by atoms with E-state index in [4.69, 9.17) is 23.2 Å². The van der Waals surface area contributed by atoms with E-state index in [1.54, 1.807) is 6.07 Å². The molecule has 1 aromatic carbocycles. The van der Waals surface area contributed by atoms with Crippen molar-refractivity contribution >= 4 is 35.0 Å². The molecule has 0 radical (unpaired) electrons. The van der Waals surface area contributed by atoms with Crippen molar-refractivity contribution < 1.29 is 0 Å². The van der Waals surface area contributed by atoms with Crippen molar-refractivity contribution in [2.45, 2.75) is 25.5 Å². The maximum atomic E-state index is 6.09. The predicted molar refractivity (Wildman–Crippen MR) is 80.6 cm³/mol. The third-order valence-electron chi connectivity index (χ3n) is 2.32. The average molecular weight is 292 g/mol. The van der Waals surface area contributed by atoms with Gasteiger partial charge in [0.2, 0.25) is 0 Å². The number of benzene rings is 1. The molecule has 96 valence electrons. The van der Waals surface area contributed by atoms with Gasteiger partial charge in [-0.2, -0.15) is 11.8 Å². The molecule has 0 atom stereocenters. The van der Waals surface area contributed by atoms with E-state index in [2.05, 4.69) is 19.2 Å². The molecule has 0 aliphatic heterocycles. The lowest BCUT2D eigenvalue weighted by atomic mass is 10.1. The molecule has 4 heteroatoms. The number of halogens is 2. The van der Waals surface area contributed by atoms with Crippen LogP contribution in [0.3, 0.4) is 0 Å². The highest BCUT2D eigenvalue weighted by Crippen LogP contribution is 2.21. The Hall–Kier alpha value is 0.110. The van der Waals surface area contributed by atoms with Gasteiger partial charge in [-0.3, -0.25) is 0 Å². The maximum absolute atomic E-state index is 6.09. The summed E-state index contributed by atoms with van der Waals surface area (Å²) in [4.78, 5) is 0. The van der Waals surface area contributed by atoms with Gasteiger partial charge in [0.25, 0.3) is 0 Å². The van der Waals surface area contributed by atoms with Crippen LogP contribution in [0.4, 0.5) is 0 Å².